The zero-order valence-electron chi connectivity index (χ0n) is 15.4. The Morgan fingerprint density at radius 2 is 1.61 bits per heavy atom. The van der Waals surface area contributed by atoms with E-state index in [1.54, 1.807) is 49.4 Å². The number of anilines is 1. The minimum atomic E-state index is -0.379. The summed E-state index contributed by atoms with van der Waals surface area (Å²) in [6.07, 6.45) is 0.376. The SMILES string of the molecule is Cc1cc(C(=O)NCCc2ccccc2F)nc(NCc2ccccc2F)n1. The summed E-state index contributed by atoms with van der Waals surface area (Å²) in [5.74, 6) is -0.763. The van der Waals surface area contributed by atoms with E-state index in [1.807, 2.05) is 0 Å². The summed E-state index contributed by atoms with van der Waals surface area (Å²) in [6.45, 7) is 2.22. The molecule has 2 aromatic carbocycles. The Morgan fingerprint density at radius 3 is 2.29 bits per heavy atom. The molecular formula is C21H20F2N4O. The summed E-state index contributed by atoms with van der Waals surface area (Å²) in [6, 6.07) is 14.4. The number of nitrogens with one attached hydrogen (secondary N) is 2. The van der Waals surface area contributed by atoms with E-state index in [4.69, 9.17) is 0 Å². The number of halogens is 2. The van der Waals surface area contributed by atoms with Gasteiger partial charge in [0.25, 0.3) is 5.91 Å². The van der Waals surface area contributed by atoms with Crippen LogP contribution in [0.15, 0.2) is 54.6 Å². The van der Waals surface area contributed by atoms with Crippen LogP contribution in [-0.2, 0) is 13.0 Å². The average molecular weight is 382 g/mol. The van der Waals surface area contributed by atoms with Crippen LogP contribution in [0.3, 0.4) is 0 Å². The van der Waals surface area contributed by atoms with Crippen LogP contribution >= 0.6 is 0 Å². The van der Waals surface area contributed by atoms with Crippen molar-refractivity contribution in [2.24, 2.45) is 0 Å². The standard InChI is InChI=1S/C21H20F2N4O/c1-14-12-19(20(28)24-11-10-15-6-2-4-8-17(15)22)27-21(26-14)25-13-16-7-3-5-9-18(16)23/h2-9,12H,10-11,13H2,1H3,(H,24,28)(H,25,26,27). The van der Waals surface area contributed by atoms with E-state index in [0.717, 1.165) is 0 Å². The van der Waals surface area contributed by atoms with E-state index in [-0.39, 0.29) is 42.3 Å². The number of hydrogen-bond acceptors (Lipinski definition) is 4. The Balaban J connectivity index is 1.61. The molecule has 0 aliphatic rings. The zero-order valence-corrected chi connectivity index (χ0v) is 15.4. The highest BCUT2D eigenvalue weighted by Gasteiger charge is 2.11. The monoisotopic (exact) mass is 382 g/mol. The average Bonchev–Trinajstić information content (AvgIpc) is 2.68. The largest absolute Gasteiger partial charge is 0.350 e. The van der Waals surface area contributed by atoms with Crippen molar-refractivity contribution in [3.05, 3.63) is 88.7 Å². The Bertz CT molecular complexity index is 978. The summed E-state index contributed by atoms with van der Waals surface area (Å²) in [7, 11) is 0. The topological polar surface area (TPSA) is 66.9 Å². The van der Waals surface area contributed by atoms with E-state index in [0.29, 0.717) is 23.2 Å². The van der Waals surface area contributed by atoms with Crippen molar-refractivity contribution in [1.82, 2.24) is 15.3 Å². The van der Waals surface area contributed by atoms with Gasteiger partial charge in [0, 0.05) is 24.3 Å². The maximum atomic E-state index is 13.7. The third-order valence-corrected chi connectivity index (χ3v) is 4.12. The second-order valence-corrected chi connectivity index (χ2v) is 6.26. The number of benzene rings is 2. The van der Waals surface area contributed by atoms with Gasteiger partial charge in [0.15, 0.2) is 0 Å². The Labute approximate surface area is 161 Å². The van der Waals surface area contributed by atoms with Gasteiger partial charge in [0.05, 0.1) is 0 Å². The van der Waals surface area contributed by atoms with Gasteiger partial charge in [-0.05, 0) is 37.1 Å². The van der Waals surface area contributed by atoms with Gasteiger partial charge in [-0.1, -0.05) is 36.4 Å². The third-order valence-electron chi connectivity index (χ3n) is 4.12. The van der Waals surface area contributed by atoms with Crippen molar-refractivity contribution in [2.45, 2.75) is 19.9 Å². The molecule has 0 unspecified atom stereocenters. The summed E-state index contributed by atoms with van der Waals surface area (Å²) in [4.78, 5) is 20.8. The summed E-state index contributed by atoms with van der Waals surface area (Å²) >= 11 is 0. The van der Waals surface area contributed by atoms with Crippen molar-refractivity contribution in [1.29, 1.82) is 0 Å². The maximum absolute atomic E-state index is 13.7. The number of aryl methyl sites for hydroxylation is 1. The molecule has 0 aliphatic heterocycles. The van der Waals surface area contributed by atoms with Gasteiger partial charge in [-0.2, -0.15) is 0 Å². The summed E-state index contributed by atoms with van der Waals surface area (Å²) in [5, 5.41) is 5.66. The van der Waals surface area contributed by atoms with Crippen LogP contribution in [0.2, 0.25) is 0 Å². The number of hydrogen-bond donors (Lipinski definition) is 2. The van der Waals surface area contributed by atoms with Crippen molar-refractivity contribution >= 4 is 11.9 Å². The molecule has 5 nitrogen and oxygen atoms in total. The normalized spacial score (nSPS) is 10.5. The number of carbonyl (C=O) groups is 1. The van der Waals surface area contributed by atoms with Crippen molar-refractivity contribution in [3.63, 3.8) is 0 Å². The van der Waals surface area contributed by atoms with Crippen molar-refractivity contribution in [2.75, 3.05) is 11.9 Å². The van der Waals surface area contributed by atoms with Gasteiger partial charge in [0.2, 0.25) is 5.95 Å². The first-order chi connectivity index (χ1) is 13.5. The molecule has 1 aromatic heterocycles. The third kappa shape index (κ3) is 5.09. The molecule has 0 saturated carbocycles. The molecule has 144 valence electrons. The molecule has 0 bridgehead atoms. The summed E-state index contributed by atoms with van der Waals surface area (Å²) in [5.41, 5.74) is 1.81. The van der Waals surface area contributed by atoms with Gasteiger partial charge in [-0.15, -0.1) is 0 Å². The van der Waals surface area contributed by atoms with Crippen LogP contribution in [0, 0.1) is 18.6 Å². The number of rotatable bonds is 7. The molecule has 0 saturated heterocycles. The van der Waals surface area contributed by atoms with Gasteiger partial charge in [-0.3, -0.25) is 4.79 Å². The molecule has 2 N–H and O–H groups in total. The first-order valence-electron chi connectivity index (χ1n) is 8.87. The van der Waals surface area contributed by atoms with E-state index in [1.165, 1.54) is 12.1 Å². The van der Waals surface area contributed by atoms with Crippen molar-refractivity contribution < 1.29 is 13.6 Å². The van der Waals surface area contributed by atoms with Crippen LogP contribution < -0.4 is 10.6 Å². The van der Waals surface area contributed by atoms with Gasteiger partial charge < -0.3 is 10.6 Å². The lowest BCUT2D eigenvalue weighted by atomic mass is 10.1. The molecule has 28 heavy (non-hydrogen) atoms. The molecule has 1 amide bonds. The molecule has 3 rings (SSSR count). The van der Waals surface area contributed by atoms with E-state index in [2.05, 4.69) is 20.6 Å². The number of nitrogens with zero attached hydrogens (tertiary/aromatic N) is 2. The molecule has 0 spiro atoms. The molecule has 1 heterocycles. The second kappa shape index (κ2) is 9.03. The highest BCUT2D eigenvalue weighted by Crippen LogP contribution is 2.11. The Kier molecular flexibility index (Phi) is 6.26. The van der Waals surface area contributed by atoms with Gasteiger partial charge >= 0.3 is 0 Å². The highest BCUT2D eigenvalue weighted by molar-refractivity contribution is 5.92. The predicted octanol–water partition coefficient (Wildman–Crippen LogP) is 3.65. The zero-order chi connectivity index (χ0) is 19.9. The fourth-order valence-corrected chi connectivity index (χ4v) is 2.68. The number of amides is 1. The van der Waals surface area contributed by atoms with E-state index in [9.17, 15) is 13.6 Å². The minimum absolute atomic E-state index is 0.192. The molecule has 3 aromatic rings. The Hall–Kier alpha value is -3.35. The van der Waals surface area contributed by atoms with E-state index < -0.39 is 0 Å². The first kappa shape index (κ1) is 19.4. The second-order valence-electron chi connectivity index (χ2n) is 6.26. The Morgan fingerprint density at radius 1 is 0.964 bits per heavy atom. The number of aromatic nitrogens is 2. The minimum Gasteiger partial charge on any atom is -0.350 e. The lowest BCUT2D eigenvalue weighted by Crippen LogP contribution is -2.27. The first-order valence-corrected chi connectivity index (χ1v) is 8.87. The molecule has 0 fully saturated rings. The fraction of sp³-hybridized carbons (Fsp3) is 0.190. The van der Waals surface area contributed by atoms with Gasteiger partial charge in [-0.25, -0.2) is 18.7 Å². The lowest BCUT2D eigenvalue weighted by Gasteiger charge is -2.10. The van der Waals surface area contributed by atoms with Crippen LogP contribution in [0.1, 0.15) is 27.3 Å². The molecular weight excluding hydrogens is 362 g/mol. The molecule has 7 heteroatoms. The molecule has 0 atom stereocenters. The maximum Gasteiger partial charge on any atom is 0.270 e. The summed E-state index contributed by atoms with van der Waals surface area (Å²) < 4.78 is 27.3. The number of carbonyl (C=O) groups excluding carboxylic acids is 1. The lowest BCUT2D eigenvalue weighted by molar-refractivity contribution is 0.0949. The van der Waals surface area contributed by atoms with E-state index >= 15 is 0 Å². The molecule has 0 aliphatic carbocycles. The predicted molar refractivity (Wildman–Crippen MR) is 103 cm³/mol. The van der Waals surface area contributed by atoms with Crippen LogP contribution in [0.5, 0.6) is 0 Å². The smallest absolute Gasteiger partial charge is 0.270 e. The van der Waals surface area contributed by atoms with Crippen LogP contribution in [-0.4, -0.2) is 22.4 Å². The molecule has 0 radical (unpaired) electrons. The van der Waals surface area contributed by atoms with Crippen LogP contribution in [0.25, 0.3) is 0 Å². The fourth-order valence-electron chi connectivity index (χ4n) is 2.68. The van der Waals surface area contributed by atoms with Crippen LogP contribution in [0.4, 0.5) is 14.7 Å². The highest BCUT2D eigenvalue weighted by atomic mass is 19.1. The van der Waals surface area contributed by atoms with Crippen molar-refractivity contribution in [3.8, 4) is 0 Å². The quantitative estimate of drug-likeness (QED) is 0.655. The van der Waals surface area contributed by atoms with Gasteiger partial charge in [0.1, 0.15) is 17.3 Å².